The van der Waals surface area contributed by atoms with Gasteiger partial charge in [0.15, 0.2) is 0 Å². The van der Waals surface area contributed by atoms with Crippen LogP contribution >= 0.6 is 0 Å². The Morgan fingerprint density at radius 2 is 1.66 bits per heavy atom. The third kappa shape index (κ3) is 4.53. The summed E-state index contributed by atoms with van der Waals surface area (Å²) >= 11 is 0. The van der Waals surface area contributed by atoms with Crippen molar-refractivity contribution in [3.63, 3.8) is 0 Å². The number of morpholine rings is 1. The van der Waals surface area contributed by atoms with E-state index in [0.29, 0.717) is 0 Å². The summed E-state index contributed by atoms with van der Waals surface area (Å²) in [5, 5.41) is 1.78. The molecule has 0 radical (unpaired) electrons. The number of ether oxygens (including phenoxy) is 2. The molecule has 0 aromatic heterocycles. The summed E-state index contributed by atoms with van der Waals surface area (Å²) in [5.74, 6) is 0.742. The molecule has 0 unspecified atom stereocenters. The Bertz CT molecular complexity index is 1090. The van der Waals surface area contributed by atoms with Crippen LogP contribution in [0.4, 0.5) is 5.69 Å². The van der Waals surface area contributed by atoms with Gasteiger partial charge in [-0.15, -0.1) is 0 Å². The van der Waals surface area contributed by atoms with Gasteiger partial charge in [0.2, 0.25) is 10.0 Å². The zero-order chi connectivity index (χ0) is 20.3. The SMILES string of the molecule is COc1ccc2cc(S(=O)(=O)NCc3ccc(N4CCOCC4)cc3)ccc2c1. The highest BCUT2D eigenvalue weighted by Crippen LogP contribution is 2.24. The summed E-state index contributed by atoms with van der Waals surface area (Å²) in [7, 11) is -2.00. The predicted octanol–water partition coefficient (Wildman–Crippen LogP) is 3.16. The highest BCUT2D eigenvalue weighted by molar-refractivity contribution is 7.89. The number of benzene rings is 3. The highest BCUT2D eigenvalue weighted by Gasteiger charge is 2.15. The number of sulfonamides is 1. The first-order valence-corrected chi connectivity index (χ1v) is 11.0. The van der Waals surface area contributed by atoms with E-state index in [9.17, 15) is 8.42 Å². The topological polar surface area (TPSA) is 67.9 Å². The lowest BCUT2D eigenvalue weighted by atomic mass is 10.1. The van der Waals surface area contributed by atoms with Crippen LogP contribution in [0, 0.1) is 0 Å². The Morgan fingerprint density at radius 1 is 0.966 bits per heavy atom. The molecule has 1 fully saturated rings. The van der Waals surface area contributed by atoms with Crippen LogP contribution in [-0.2, 0) is 21.3 Å². The van der Waals surface area contributed by atoms with Crippen molar-refractivity contribution in [1.29, 1.82) is 0 Å². The number of nitrogens with zero attached hydrogens (tertiary/aromatic N) is 1. The molecule has 0 saturated carbocycles. The summed E-state index contributed by atoms with van der Waals surface area (Å²) < 4.78 is 38.7. The van der Waals surface area contributed by atoms with Crippen molar-refractivity contribution >= 4 is 26.5 Å². The molecule has 29 heavy (non-hydrogen) atoms. The van der Waals surface area contributed by atoms with Crippen LogP contribution in [0.2, 0.25) is 0 Å². The Balaban J connectivity index is 1.45. The molecule has 1 N–H and O–H groups in total. The number of anilines is 1. The minimum absolute atomic E-state index is 0.242. The van der Waals surface area contributed by atoms with E-state index in [1.165, 1.54) is 0 Å². The predicted molar refractivity (Wildman–Crippen MR) is 114 cm³/mol. The molecular weight excluding hydrogens is 388 g/mol. The zero-order valence-corrected chi connectivity index (χ0v) is 17.1. The average Bonchev–Trinajstić information content (AvgIpc) is 2.78. The number of methoxy groups -OCH3 is 1. The van der Waals surface area contributed by atoms with Crippen molar-refractivity contribution in [2.75, 3.05) is 38.3 Å². The van der Waals surface area contributed by atoms with Crippen LogP contribution in [0.3, 0.4) is 0 Å². The van der Waals surface area contributed by atoms with E-state index in [0.717, 1.165) is 54.1 Å². The molecule has 6 nitrogen and oxygen atoms in total. The molecule has 1 saturated heterocycles. The third-order valence-electron chi connectivity index (χ3n) is 5.11. The normalized spacial score (nSPS) is 14.9. The Labute approximate surface area is 171 Å². The second-order valence-corrected chi connectivity index (χ2v) is 8.73. The fourth-order valence-corrected chi connectivity index (χ4v) is 4.46. The third-order valence-corrected chi connectivity index (χ3v) is 6.51. The van der Waals surface area contributed by atoms with Gasteiger partial charge in [-0.25, -0.2) is 13.1 Å². The molecular formula is C22H24N2O4S. The lowest BCUT2D eigenvalue weighted by molar-refractivity contribution is 0.122. The van der Waals surface area contributed by atoms with Crippen molar-refractivity contribution in [2.24, 2.45) is 0 Å². The van der Waals surface area contributed by atoms with E-state index in [1.807, 2.05) is 42.5 Å². The lowest BCUT2D eigenvalue weighted by Gasteiger charge is -2.28. The van der Waals surface area contributed by atoms with Gasteiger partial charge in [0, 0.05) is 25.3 Å². The van der Waals surface area contributed by atoms with E-state index in [4.69, 9.17) is 9.47 Å². The van der Waals surface area contributed by atoms with E-state index in [2.05, 4.69) is 9.62 Å². The monoisotopic (exact) mass is 412 g/mol. The van der Waals surface area contributed by atoms with Crippen LogP contribution in [0.15, 0.2) is 65.6 Å². The summed E-state index contributed by atoms with van der Waals surface area (Å²) in [6, 6.07) is 18.6. The fraction of sp³-hybridized carbons (Fsp3) is 0.273. The van der Waals surface area contributed by atoms with Crippen LogP contribution < -0.4 is 14.4 Å². The van der Waals surface area contributed by atoms with Crippen molar-refractivity contribution in [1.82, 2.24) is 4.72 Å². The van der Waals surface area contributed by atoms with Crippen LogP contribution in [0.1, 0.15) is 5.56 Å². The van der Waals surface area contributed by atoms with E-state index in [1.54, 1.807) is 25.3 Å². The van der Waals surface area contributed by atoms with Gasteiger partial charge in [-0.05, 0) is 52.7 Å². The molecule has 0 atom stereocenters. The number of fused-ring (bicyclic) bond motifs is 1. The maximum atomic E-state index is 12.7. The van der Waals surface area contributed by atoms with Crippen LogP contribution in [0.25, 0.3) is 10.8 Å². The van der Waals surface area contributed by atoms with Gasteiger partial charge in [0.25, 0.3) is 0 Å². The second kappa shape index (κ2) is 8.41. The van der Waals surface area contributed by atoms with Crippen LogP contribution in [0.5, 0.6) is 5.75 Å². The van der Waals surface area contributed by atoms with Gasteiger partial charge in [-0.2, -0.15) is 0 Å². The largest absolute Gasteiger partial charge is 0.497 e. The number of rotatable bonds is 6. The van der Waals surface area contributed by atoms with Crippen molar-refractivity contribution < 1.29 is 17.9 Å². The maximum Gasteiger partial charge on any atom is 0.240 e. The average molecular weight is 413 g/mol. The summed E-state index contributed by atoms with van der Waals surface area (Å²) in [4.78, 5) is 2.52. The maximum absolute atomic E-state index is 12.7. The first-order valence-electron chi connectivity index (χ1n) is 9.54. The molecule has 4 rings (SSSR count). The molecule has 0 bridgehead atoms. The van der Waals surface area contributed by atoms with Crippen molar-refractivity contribution in [2.45, 2.75) is 11.4 Å². The van der Waals surface area contributed by atoms with Crippen molar-refractivity contribution in [3.8, 4) is 5.75 Å². The molecule has 0 aliphatic carbocycles. The van der Waals surface area contributed by atoms with Gasteiger partial charge in [0.1, 0.15) is 5.75 Å². The minimum atomic E-state index is -3.60. The van der Waals surface area contributed by atoms with E-state index in [-0.39, 0.29) is 11.4 Å². The fourth-order valence-electron chi connectivity index (χ4n) is 3.40. The summed E-state index contributed by atoms with van der Waals surface area (Å²) in [6.07, 6.45) is 0. The van der Waals surface area contributed by atoms with Gasteiger partial charge >= 0.3 is 0 Å². The quantitative estimate of drug-likeness (QED) is 0.674. The first-order chi connectivity index (χ1) is 14.0. The molecule has 152 valence electrons. The Hall–Kier alpha value is -2.61. The number of hydrogen-bond donors (Lipinski definition) is 1. The number of nitrogens with one attached hydrogen (secondary N) is 1. The summed E-state index contributed by atoms with van der Waals surface area (Å²) in [6.45, 7) is 3.46. The standard InChI is InChI=1S/C22H24N2O4S/c1-27-21-8-4-19-15-22(9-5-18(19)14-21)29(25,26)23-16-17-2-6-20(7-3-17)24-10-12-28-13-11-24/h2-9,14-15,23H,10-13,16H2,1H3. The Morgan fingerprint density at radius 3 is 2.38 bits per heavy atom. The molecule has 1 aliphatic rings. The minimum Gasteiger partial charge on any atom is -0.497 e. The zero-order valence-electron chi connectivity index (χ0n) is 16.3. The first kappa shape index (κ1) is 19.7. The van der Waals surface area contributed by atoms with Crippen LogP contribution in [-0.4, -0.2) is 41.8 Å². The molecule has 3 aromatic carbocycles. The highest BCUT2D eigenvalue weighted by atomic mass is 32.2. The van der Waals surface area contributed by atoms with E-state index >= 15 is 0 Å². The lowest BCUT2D eigenvalue weighted by Crippen LogP contribution is -2.36. The van der Waals surface area contributed by atoms with Gasteiger partial charge in [-0.3, -0.25) is 0 Å². The van der Waals surface area contributed by atoms with Gasteiger partial charge < -0.3 is 14.4 Å². The Kier molecular flexibility index (Phi) is 5.71. The smallest absolute Gasteiger partial charge is 0.240 e. The molecule has 0 spiro atoms. The molecule has 1 aliphatic heterocycles. The molecule has 0 amide bonds. The second-order valence-electron chi connectivity index (χ2n) is 6.97. The van der Waals surface area contributed by atoms with Gasteiger partial charge in [-0.1, -0.05) is 24.3 Å². The molecule has 3 aromatic rings. The summed E-state index contributed by atoms with van der Waals surface area (Å²) in [5.41, 5.74) is 2.04. The number of hydrogen-bond acceptors (Lipinski definition) is 5. The van der Waals surface area contributed by atoms with Crippen molar-refractivity contribution in [3.05, 3.63) is 66.2 Å². The van der Waals surface area contributed by atoms with Gasteiger partial charge in [0.05, 0.1) is 25.2 Å². The molecule has 7 heteroatoms. The van der Waals surface area contributed by atoms with E-state index < -0.39 is 10.0 Å². The molecule has 1 heterocycles.